The Morgan fingerprint density at radius 3 is 2.65 bits per heavy atom. The van der Waals surface area contributed by atoms with E-state index in [1.807, 2.05) is 12.1 Å². The number of halogens is 2. The van der Waals surface area contributed by atoms with Crippen LogP contribution in [0.2, 0.25) is 10.0 Å². The maximum atomic E-state index is 6.10. The lowest BCUT2D eigenvalue weighted by molar-refractivity contribution is 0.120. The molecule has 0 bridgehead atoms. The molecule has 0 radical (unpaired) electrons. The second-order valence-electron chi connectivity index (χ2n) is 4.91. The highest BCUT2D eigenvalue weighted by Crippen LogP contribution is 2.34. The van der Waals surface area contributed by atoms with Gasteiger partial charge >= 0.3 is 0 Å². The van der Waals surface area contributed by atoms with Crippen molar-refractivity contribution < 1.29 is 9.15 Å². The molecule has 20 heavy (non-hydrogen) atoms. The molecule has 1 aliphatic rings. The van der Waals surface area contributed by atoms with Gasteiger partial charge in [-0.15, -0.1) is 0 Å². The highest BCUT2D eigenvalue weighted by atomic mass is 35.5. The highest BCUT2D eigenvalue weighted by Gasteiger charge is 2.30. The molecule has 1 aromatic carbocycles. The summed E-state index contributed by atoms with van der Waals surface area (Å²) in [5.74, 6) is 1.87. The van der Waals surface area contributed by atoms with Crippen molar-refractivity contribution in [3.63, 3.8) is 0 Å². The van der Waals surface area contributed by atoms with Crippen LogP contribution < -0.4 is 10.1 Å². The first-order valence-electron chi connectivity index (χ1n) is 6.59. The Morgan fingerprint density at radius 2 is 2.05 bits per heavy atom. The number of benzene rings is 1. The van der Waals surface area contributed by atoms with Crippen molar-refractivity contribution in [3.8, 4) is 5.75 Å². The van der Waals surface area contributed by atoms with Crippen molar-refractivity contribution >= 4 is 23.2 Å². The molecule has 1 fully saturated rings. The van der Waals surface area contributed by atoms with E-state index in [0.717, 1.165) is 25.3 Å². The fourth-order valence-electron chi connectivity index (χ4n) is 2.52. The van der Waals surface area contributed by atoms with Crippen LogP contribution in [-0.4, -0.2) is 13.1 Å². The summed E-state index contributed by atoms with van der Waals surface area (Å²) in [6.07, 6.45) is 2.59. The van der Waals surface area contributed by atoms with Gasteiger partial charge in [-0.25, -0.2) is 0 Å². The Labute approximate surface area is 127 Å². The Hall–Kier alpha value is -1.16. The molecule has 0 spiro atoms. The van der Waals surface area contributed by atoms with Crippen LogP contribution in [0.4, 0.5) is 0 Å². The van der Waals surface area contributed by atoms with Crippen LogP contribution in [0.3, 0.4) is 0 Å². The van der Waals surface area contributed by atoms with E-state index in [-0.39, 0.29) is 6.10 Å². The van der Waals surface area contributed by atoms with Gasteiger partial charge in [0.2, 0.25) is 0 Å². The van der Waals surface area contributed by atoms with Crippen molar-refractivity contribution in [1.82, 2.24) is 5.32 Å². The number of ether oxygens (including phenoxy) is 1. The smallest absolute Gasteiger partial charge is 0.160 e. The predicted molar refractivity (Wildman–Crippen MR) is 79.5 cm³/mol. The number of nitrogens with one attached hydrogen (secondary N) is 1. The monoisotopic (exact) mass is 311 g/mol. The van der Waals surface area contributed by atoms with Crippen molar-refractivity contribution in [1.29, 1.82) is 0 Å². The fraction of sp³-hybridized carbons (Fsp3) is 0.333. The van der Waals surface area contributed by atoms with Gasteiger partial charge in [0.1, 0.15) is 11.5 Å². The van der Waals surface area contributed by atoms with Gasteiger partial charge in [0.15, 0.2) is 6.10 Å². The molecular weight excluding hydrogens is 297 g/mol. The second kappa shape index (κ2) is 6.08. The Balaban J connectivity index is 1.85. The lowest BCUT2D eigenvalue weighted by Gasteiger charge is -2.22. The summed E-state index contributed by atoms with van der Waals surface area (Å²) in [6.45, 7) is 1.92. The van der Waals surface area contributed by atoms with E-state index in [2.05, 4.69) is 5.32 Å². The molecule has 0 unspecified atom stereocenters. The second-order valence-corrected chi connectivity index (χ2v) is 5.78. The van der Waals surface area contributed by atoms with E-state index >= 15 is 0 Å². The van der Waals surface area contributed by atoms with Crippen LogP contribution >= 0.6 is 23.2 Å². The Kier molecular flexibility index (Phi) is 4.20. The van der Waals surface area contributed by atoms with Gasteiger partial charge in [-0.05, 0) is 43.3 Å². The van der Waals surface area contributed by atoms with Crippen LogP contribution in [0, 0.1) is 5.92 Å². The standard InChI is InChI=1S/C15H15Cl2NO2/c16-11-6-12(17)8-13(7-11)20-15(10-3-4-18-9-10)14-2-1-5-19-14/h1-2,5-8,10,15,18H,3-4,9H2/t10-,15-/m0/s1. The molecule has 1 N–H and O–H groups in total. The minimum atomic E-state index is -0.130. The Morgan fingerprint density at radius 1 is 1.25 bits per heavy atom. The van der Waals surface area contributed by atoms with E-state index in [1.54, 1.807) is 24.5 Å². The average molecular weight is 312 g/mol. The third kappa shape index (κ3) is 3.11. The summed E-state index contributed by atoms with van der Waals surface area (Å²) >= 11 is 12.0. The predicted octanol–water partition coefficient (Wildman–Crippen LogP) is 4.32. The summed E-state index contributed by atoms with van der Waals surface area (Å²) < 4.78 is 11.6. The molecule has 1 aromatic heterocycles. The molecule has 1 aliphatic heterocycles. The third-order valence-electron chi connectivity index (χ3n) is 3.45. The molecule has 2 heterocycles. The molecule has 5 heteroatoms. The maximum Gasteiger partial charge on any atom is 0.160 e. The fourth-order valence-corrected chi connectivity index (χ4v) is 3.02. The van der Waals surface area contributed by atoms with Crippen LogP contribution in [0.15, 0.2) is 41.0 Å². The van der Waals surface area contributed by atoms with Crippen molar-refractivity contribution in [2.24, 2.45) is 5.92 Å². The summed E-state index contributed by atoms with van der Waals surface area (Å²) in [5, 5.41) is 4.48. The van der Waals surface area contributed by atoms with Crippen LogP contribution in [0.5, 0.6) is 5.75 Å². The molecular formula is C15H15Cl2NO2. The topological polar surface area (TPSA) is 34.4 Å². The number of hydrogen-bond acceptors (Lipinski definition) is 3. The first-order chi connectivity index (χ1) is 9.72. The first kappa shape index (κ1) is 13.8. The van der Waals surface area contributed by atoms with E-state index in [9.17, 15) is 0 Å². The van der Waals surface area contributed by atoms with Crippen LogP contribution in [0.1, 0.15) is 18.3 Å². The highest BCUT2D eigenvalue weighted by molar-refractivity contribution is 6.34. The molecule has 0 saturated carbocycles. The molecule has 2 atom stereocenters. The number of rotatable bonds is 4. The van der Waals surface area contributed by atoms with Gasteiger partial charge in [0.25, 0.3) is 0 Å². The molecule has 2 aromatic rings. The zero-order chi connectivity index (χ0) is 13.9. The van der Waals surface area contributed by atoms with E-state index in [4.69, 9.17) is 32.4 Å². The molecule has 1 saturated heterocycles. The maximum absolute atomic E-state index is 6.10. The van der Waals surface area contributed by atoms with Gasteiger partial charge < -0.3 is 14.5 Å². The zero-order valence-corrected chi connectivity index (χ0v) is 12.3. The summed E-state index contributed by atoms with van der Waals surface area (Å²) in [7, 11) is 0. The van der Waals surface area contributed by atoms with Crippen LogP contribution in [0.25, 0.3) is 0 Å². The SMILES string of the molecule is Clc1cc(Cl)cc(O[C@H](c2ccco2)[C@H]2CCNC2)c1. The van der Waals surface area contributed by atoms with Gasteiger partial charge in [0, 0.05) is 22.5 Å². The van der Waals surface area contributed by atoms with Crippen molar-refractivity contribution in [2.75, 3.05) is 13.1 Å². The Bertz CT molecular complexity index is 545. The van der Waals surface area contributed by atoms with Gasteiger partial charge in [0.05, 0.1) is 6.26 Å². The van der Waals surface area contributed by atoms with E-state index in [1.165, 1.54) is 0 Å². The van der Waals surface area contributed by atoms with Gasteiger partial charge in [-0.3, -0.25) is 0 Å². The van der Waals surface area contributed by atoms with Gasteiger partial charge in [-0.2, -0.15) is 0 Å². The summed E-state index contributed by atoms with van der Waals surface area (Å²) in [4.78, 5) is 0. The average Bonchev–Trinajstić information content (AvgIpc) is 3.08. The molecule has 106 valence electrons. The quantitative estimate of drug-likeness (QED) is 0.913. The zero-order valence-electron chi connectivity index (χ0n) is 10.8. The number of hydrogen-bond donors (Lipinski definition) is 1. The first-order valence-corrected chi connectivity index (χ1v) is 7.35. The number of furan rings is 1. The van der Waals surface area contributed by atoms with E-state index < -0.39 is 0 Å². The van der Waals surface area contributed by atoms with Crippen LogP contribution in [-0.2, 0) is 0 Å². The van der Waals surface area contributed by atoms with Crippen molar-refractivity contribution in [2.45, 2.75) is 12.5 Å². The summed E-state index contributed by atoms with van der Waals surface area (Å²) in [5.41, 5.74) is 0. The molecule has 3 rings (SSSR count). The lowest BCUT2D eigenvalue weighted by Crippen LogP contribution is -2.21. The minimum Gasteiger partial charge on any atom is -0.482 e. The normalized spacial score (nSPS) is 20.0. The van der Waals surface area contributed by atoms with Crippen molar-refractivity contribution in [3.05, 3.63) is 52.4 Å². The van der Waals surface area contributed by atoms with E-state index in [0.29, 0.717) is 21.7 Å². The largest absolute Gasteiger partial charge is 0.482 e. The molecule has 0 amide bonds. The summed E-state index contributed by atoms with van der Waals surface area (Å²) in [6, 6.07) is 9.04. The molecule has 0 aliphatic carbocycles. The lowest BCUT2D eigenvalue weighted by atomic mass is 9.99. The minimum absolute atomic E-state index is 0.130. The molecule has 3 nitrogen and oxygen atoms in total. The van der Waals surface area contributed by atoms with Gasteiger partial charge in [-0.1, -0.05) is 23.2 Å². The third-order valence-corrected chi connectivity index (χ3v) is 3.89.